The SMILES string of the molecule is CCCCCCCCCCCCCCOc1ccc(CC(=O)NC2(C[n+]3ccccc3)C=CC=CC2)cc1C(C)(C)C. The smallest absolute Gasteiger partial charge is 0.225 e. The Morgan fingerprint density at radius 2 is 1.52 bits per heavy atom. The normalized spacial score (nSPS) is 16.5. The highest BCUT2D eigenvalue weighted by Gasteiger charge is 2.33. The molecule has 1 aliphatic carbocycles. The van der Waals surface area contributed by atoms with Crippen LogP contribution in [0.5, 0.6) is 5.75 Å². The highest BCUT2D eigenvalue weighted by Crippen LogP contribution is 2.33. The number of carbonyl (C=O) groups is 1. The number of hydrogen-bond acceptors (Lipinski definition) is 2. The number of pyridine rings is 1. The lowest BCUT2D eigenvalue weighted by atomic mass is 9.85. The van der Waals surface area contributed by atoms with Gasteiger partial charge >= 0.3 is 0 Å². The van der Waals surface area contributed by atoms with Gasteiger partial charge < -0.3 is 10.1 Å². The number of nitrogens with one attached hydrogen (secondary N) is 1. The van der Waals surface area contributed by atoms with Crippen LogP contribution in [0.2, 0.25) is 0 Å². The molecular formula is C38H57N2O2+. The molecule has 4 nitrogen and oxygen atoms in total. The molecule has 1 N–H and O–H groups in total. The Morgan fingerprint density at radius 3 is 2.12 bits per heavy atom. The molecule has 2 aromatic rings. The topological polar surface area (TPSA) is 42.2 Å². The Labute approximate surface area is 256 Å². The molecule has 1 aromatic heterocycles. The fourth-order valence-corrected chi connectivity index (χ4v) is 5.81. The number of allylic oxidation sites excluding steroid dienone is 2. The molecule has 0 saturated heterocycles. The number of rotatable bonds is 19. The quantitative estimate of drug-likeness (QED) is 0.135. The zero-order valence-corrected chi connectivity index (χ0v) is 27.0. The molecule has 1 amide bonds. The van der Waals surface area contributed by atoms with E-state index in [0.717, 1.165) is 30.8 Å². The maximum absolute atomic E-state index is 13.3. The van der Waals surface area contributed by atoms with Gasteiger partial charge in [-0.15, -0.1) is 0 Å². The number of benzene rings is 1. The van der Waals surface area contributed by atoms with E-state index in [4.69, 9.17) is 4.74 Å². The predicted molar refractivity (Wildman–Crippen MR) is 176 cm³/mol. The Balaban J connectivity index is 1.45. The Hall–Kier alpha value is -2.88. The van der Waals surface area contributed by atoms with Crippen molar-refractivity contribution in [2.75, 3.05) is 6.61 Å². The first-order valence-corrected chi connectivity index (χ1v) is 16.7. The van der Waals surface area contributed by atoms with Crippen molar-refractivity contribution in [3.8, 4) is 5.75 Å². The largest absolute Gasteiger partial charge is 0.493 e. The molecule has 230 valence electrons. The minimum atomic E-state index is -0.429. The van der Waals surface area contributed by atoms with Crippen molar-refractivity contribution in [2.45, 2.75) is 135 Å². The average molecular weight is 574 g/mol. The first kappa shape index (κ1) is 33.6. The van der Waals surface area contributed by atoms with Gasteiger partial charge in [-0.3, -0.25) is 4.79 Å². The van der Waals surface area contributed by atoms with E-state index in [9.17, 15) is 4.79 Å². The van der Waals surface area contributed by atoms with Crippen LogP contribution in [0, 0.1) is 0 Å². The van der Waals surface area contributed by atoms with Crippen LogP contribution in [0.4, 0.5) is 0 Å². The van der Waals surface area contributed by atoms with Crippen molar-refractivity contribution >= 4 is 5.91 Å². The molecule has 0 aliphatic heterocycles. The van der Waals surface area contributed by atoms with Crippen LogP contribution >= 0.6 is 0 Å². The number of hydrogen-bond donors (Lipinski definition) is 1. The zero-order valence-electron chi connectivity index (χ0n) is 27.0. The molecule has 1 atom stereocenters. The second-order valence-electron chi connectivity index (χ2n) is 13.2. The van der Waals surface area contributed by atoms with Crippen molar-refractivity contribution in [3.63, 3.8) is 0 Å². The third-order valence-corrected chi connectivity index (χ3v) is 8.25. The van der Waals surface area contributed by atoms with Gasteiger partial charge in [-0.1, -0.05) is 141 Å². The fraction of sp³-hybridized carbons (Fsp3) is 0.579. The van der Waals surface area contributed by atoms with E-state index in [1.54, 1.807) is 0 Å². The van der Waals surface area contributed by atoms with Gasteiger partial charge in [0.25, 0.3) is 0 Å². The monoisotopic (exact) mass is 573 g/mol. The molecule has 0 bridgehead atoms. The third-order valence-electron chi connectivity index (χ3n) is 8.25. The number of aromatic nitrogens is 1. The minimum Gasteiger partial charge on any atom is -0.493 e. The van der Waals surface area contributed by atoms with E-state index < -0.39 is 5.54 Å². The van der Waals surface area contributed by atoms with Crippen LogP contribution in [0.3, 0.4) is 0 Å². The summed E-state index contributed by atoms with van der Waals surface area (Å²) in [5.41, 5.74) is 1.69. The van der Waals surface area contributed by atoms with E-state index in [-0.39, 0.29) is 11.3 Å². The summed E-state index contributed by atoms with van der Waals surface area (Å²) < 4.78 is 8.43. The van der Waals surface area contributed by atoms with Gasteiger partial charge in [0.1, 0.15) is 11.3 Å². The lowest BCUT2D eigenvalue weighted by molar-refractivity contribution is -0.703. The molecule has 3 rings (SSSR count). The molecule has 0 spiro atoms. The maximum Gasteiger partial charge on any atom is 0.225 e. The van der Waals surface area contributed by atoms with Gasteiger partial charge in [0.15, 0.2) is 18.9 Å². The van der Waals surface area contributed by atoms with Gasteiger partial charge in [0, 0.05) is 12.1 Å². The van der Waals surface area contributed by atoms with E-state index >= 15 is 0 Å². The van der Waals surface area contributed by atoms with Gasteiger partial charge in [-0.25, -0.2) is 4.57 Å². The van der Waals surface area contributed by atoms with E-state index in [1.807, 2.05) is 42.7 Å². The molecule has 0 saturated carbocycles. The van der Waals surface area contributed by atoms with Crippen molar-refractivity contribution < 1.29 is 14.1 Å². The summed E-state index contributed by atoms with van der Waals surface area (Å²) in [6.45, 7) is 10.4. The Kier molecular flexibility index (Phi) is 14.4. The summed E-state index contributed by atoms with van der Waals surface area (Å²) in [7, 11) is 0. The number of carbonyl (C=O) groups excluding carboxylic acids is 1. The highest BCUT2D eigenvalue weighted by atomic mass is 16.5. The van der Waals surface area contributed by atoms with Gasteiger partial charge in [-0.05, 0) is 35.4 Å². The number of amides is 1. The fourth-order valence-electron chi connectivity index (χ4n) is 5.81. The van der Waals surface area contributed by atoms with Gasteiger partial charge in [0.05, 0.1) is 13.0 Å². The molecule has 4 heteroatoms. The summed E-state index contributed by atoms with van der Waals surface area (Å²) in [4.78, 5) is 13.3. The van der Waals surface area contributed by atoms with Crippen molar-refractivity contribution in [1.29, 1.82) is 0 Å². The second-order valence-corrected chi connectivity index (χ2v) is 13.2. The van der Waals surface area contributed by atoms with Gasteiger partial charge in [0.2, 0.25) is 5.91 Å². The molecule has 1 heterocycles. The van der Waals surface area contributed by atoms with Crippen LogP contribution < -0.4 is 14.6 Å². The standard InChI is InChI=1S/C38H56N2O2/c1-5-6-7-8-9-10-11-12-13-14-15-22-29-42-35-24-23-33(30-34(35)37(2,3)4)31-36(41)39-38(25-18-16-19-26-38)32-40-27-20-17-21-28-40/h16-21,23-25,27-28,30H,5-15,22,26,29,31-32H2,1-4H3/p+1. The zero-order chi connectivity index (χ0) is 30.1. The molecule has 1 aliphatic rings. The van der Waals surface area contributed by atoms with Crippen LogP contribution in [-0.4, -0.2) is 18.1 Å². The molecular weight excluding hydrogens is 516 g/mol. The summed E-state index contributed by atoms with van der Waals surface area (Å²) >= 11 is 0. The average Bonchev–Trinajstić information content (AvgIpc) is 2.96. The first-order chi connectivity index (χ1) is 20.3. The second kappa shape index (κ2) is 17.9. The summed E-state index contributed by atoms with van der Waals surface area (Å²) in [5, 5.41) is 3.35. The number of nitrogens with zero attached hydrogens (tertiary/aromatic N) is 1. The van der Waals surface area contributed by atoms with Crippen molar-refractivity contribution in [3.05, 3.63) is 84.2 Å². The molecule has 1 unspecified atom stereocenters. The highest BCUT2D eigenvalue weighted by molar-refractivity contribution is 5.80. The lowest BCUT2D eigenvalue weighted by Crippen LogP contribution is -2.57. The molecule has 0 radical (unpaired) electrons. The predicted octanol–water partition coefficient (Wildman–Crippen LogP) is 8.97. The Bertz CT molecular complexity index is 1120. The first-order valence-electron chi connectivity index (χ1n) is 16.7. The lowest BCUT2D eigenvalue weighted by Gasteiger charge is -2.30. The minimum absolute atomic E-state index is 0.0384. The van der Waals surface area contributed by atoms with Crippen LogP contribution in [0.1, 0.15) is 122 Å². The molecule has 42 heavy (non-hydrogen) atoms. The van der Waals surface area contributed by atoms with Crippen LogP contribution in [-0.2, 0) is 23.2 Å². The number of ether oxygens (including phenoxy) is 1. The summed E-state index contributed by atoms with van der Waals surface area (Å²) in [5.74, 6) is 0.989. The van der Waals surface area contributed by atoms with E-state index in [2.05, 4.69) is 67.9 Å². The Morgan fingerprint density at radius 1 is 0.881 bits per heavy atom. The maximum atomic E-state index is 13.3. The van der Waals surface area contributed by atoms with Gasteiger partial charge in [-0.2, -0.15) is 0 Å². The molecule has 0 fully saturated rings. The summed E-state index contributed by atoms with van der Waals surface area (Å²) in [6.07, 6.45) is 29.7. The third kappa shape index (κ3) is 12.2. The molecule has 1 aromatic carbocycles. The van der Waals surface area contributed by atoms with Crippen LogP contribution in [0.25, 0.3) is 0 Å². The number of unbranched alkanes of at least 4 members (excludes halogenated alkanes) is 11. The van der Waals surface area contributed by atoms with E-state index in [0.29, 0.717) is 13.0 Å². The van der Waals surface area contributed by atoms with E-state index in [1.165, 1.54) is 76.2 Å². The van der Waals surface area contributed by atoms with Crippen molar-refractivity contribution in [1.82, 2.24) is 5.32 Å². The van der Waals surface area contributed by atoms with Crippen molar-refractivity contribution in [2.24, 2.45) is 0 Å². The van der Waals surface area contributed by atoms with Crippen LogP contribution in [0.15, 0.2) is 73.1 Å². The summed E-state index contributed by atoms with van der Waals surface area (Å²) in [6, 6.07) is 12.4.